The van der Waals surface area contributed by atoms with E-state index in [4.69, 9.17) is 10.7 Å². The summed E-state index contributed by atoms with van der Waals surface area (Å²) in [6.07, 6.45) is 2.68. The average molecular weight is 460 g/mol. The van der Waals surface area contributed by atoms with Crippen LogP contribution in [0.4, 0.5) is 21.7 Å². The minimum atomic E-state index is -0.525. The van der Waals surface area contributed by atoms with E-state index >= 15 is 4.39 Å². The van der Waals surface area contributed by atoms with Crippen LogP contribution in [0.15, 0.2) is 41.5 Å². The summed E-state index contributed by atoms with van der Waals surface area (Å²) in [6.45, 7) is 10.2. The third-order valence-corrected chi connectivity index (χ3v) is 7.39. The third-order valence-electron chi connectivity index (χ3n) is 7.39. The van der Waals surface area contributed by atoms with Gasteiger partial charge in [-0.2, -0.15) is 0 Å². The Balaban J connectivity index is 1.50. The van der Waals surface area contributed by atoms with Gasteiger partial charge in [0.15, 0.2) is 5.82 Å². The fourth-order valence-electron chi connectivity index (χ4n) is 4.77. The monoisotopic (exact) mass is 459 g/mol. The largest absolute Gasteiger partial charge is 0.368 e. The van der Waals surface area contributed by atoms with Crippen LogP contribution in [0, 0.1) is 5.82 Å². The number of aromatic nitrogens is 3. The SMILES string of the molecule is CCC1(C)C(C)=Nc2ccc(-c3nc(N)nc(-c4ccc(N5CCN(C)CC5)cn4)c3F)cc21. The number of likely N-dealkylation sites (N-methyl/N-ethyl adjacent to an activating group) is 1. The topological polar surface area (TPSA) is 83.5 Å². The van der Waals surface area contributed by atoms with E-state index in [1.165, 1.54) is 0 Å². The second kappa shape index (κ2) is 8.43. The zero-order valence-corrected chi connectivity index (χ0v) is 20.1. The van der Waals surface area contributed by atoms with Crippen LogP contribution in [-0.4, -0.2) is 58.8 Å². The predicted molar refractivity (Wildman–Crippen MR) is 135 cm³/mol. The molecule has 176 valence electrons. The van der Waals surface area contributed by atoms with Gasteiger partial charge < -0.3 is 15.5 Å². The van der Waals surface area contributed by atoms with E-state index in [0.29, 0.717) is 11.3 Å². The summed E-state index contributed by atoms with van der Waals surface area (Å²) in [5.41, 5.74) is 11.3. The number of pyridine rings is 1. The molecule has 1 unspecified atom stereocenters. The summed E-state index contributed by atoms with van der Waals surface area (Å²) in [4.78, 5) is 22.3. The van der Waals surface area contributed by atoms with E-state index in [-0.39, 0.29) is 22.8 Å². The van der Waals surface area contributed by atoms with Crippen LogP contribution in [0.5, 0.6) is 0 Å². The molecule has 8 heteroatoms. The number of fused-ring (bicyclic) bond motifs is 1. The number of halogens is 1. The number of hydrogen-bond acceptors (Lipinski definition) is 7. The molecule has 0 spiro atoms. The van der Waals surface area contributed by atoms with Gasteiger partial charge >= 0.3 is 0 Å². The van der Waals surface area contributed by atoms with Gasteiger partial charge in [-0.05, 0) is 50.2 Å². The number of piperazine rings is 1. The molecule has 3 aromatic rings. The number of aliphatic imine (C=N–C) groups is 1. The molecule has 2 aliphatic rings. The van der Waals surface area contributed by atoms with Crippen LogP contribution in [0.25, 0.3) is 22.6 Å². The van der Waals surface area contributed by atoms with Crippen molar-refractivity contribution in [1.82, 2.24) is 19.9 Å². The minimum Gasteiger partial charge on any atom is -0.368 e. The Hall–Kier alpha value is -3.39. The second-order valence-electron chi connectivity index (χ2n) is 9.40. The Labute approximate surface area is 199 Å². The molecule has 0 bridgehead atoms. The maximum Gasteiger partial charge on any atom is 0.221 e. The van der Waals surface area contributed by atoms with E-state index in [2.05, 4.69) is 45.6 Å². The van der Waals surface area contributed by atoms with Gasteiger partial charge in [0.05, 0.1) is 23.3 Å². The van der Waals surface area contributed by atoms with Crippen molar-refractivity contribution in [3.8, 4) is 22.6 Å². The molecule has 2 N–H and O–H groups in total. The van der Waals surface area contributed by atoms with E-state index in [1.54, 1.807) is 12.3 Å². The summed E-state index contributed by atoms with van der Waals surface area (Å²) >= 11 is 0. The lowest BCUT2D eigenvalue weighted by molar-refractivity contribution is 0.313. The smallest absolute Gasteiger partial charge is 0.221 e. The number of nitrogen functional groups attached to an aromatic ring is 1. The van der Waals surface area contributed by atoms with Crippen LogP contribution in [0.3, 0.4) is 0 Å². The molecule has 2 aliphatic heterocycles. The van der Waals surface area contributed by atoms with Gasteiger partial charge in [0.25, 0.3) is 0 Å². The molecule has 0 aliphatic carbocycles. The van der Waals surface area contributed by atoms with E-state index in [9.17, 15) is 0 Å². The van der Waals surface area contributed by atoms with Crippen molar-refractivity contribution in [2.24, 2.45) is 4.99 Å². The Morgan fingerprint density at radius 1 is 1.06 bits per heavy atom. The van der Waals surface area contributed by atoms with Gasteiger partial charge in [0.2, 0.25) is 5.95 Å². The van der Waals surface area contributed by atoms with Crippen LogP contribution < -0.4 is 10.6 Å². The Morgan fingerprint density at radius 2 is 1.79 bits per heavy atom. The molecule has 1 saturated heterocycles. The van der Waals surface area contributed by atoms with Crippen molar-refractivity contribution in [1.29, 1.82) is 0 Å². The summed E-state index contributed by atoms with van der Waals surface area (Å²) in [7, 11) is 2.12. The lowest BCUT2D eigenvalue weighted by Crippen LogP contribution is -2.44. The van der Waals surface area contributed by atoms with E-state index in [0.717, 1.165) is 55.2 Å². The summed E-state index contributed by atoms with van der Waals surface area (Å²) in [5, 5.41) is 0. The van der Waals surface area contributed by atoms with Crippen molar-refractivity contribution < 1.29 is 4.39 Å². The Morgan fingerprint density at radius 3 is 2.47 bits per heavy atom. The normalized spacial score (nSPS) is 20.4. The number of nitrogens with two attached hydrogens (primary N) is 1. The zero-order valence-electron chi connectivity index (χ0n) is 20.1. The highest BCUT2D eigenvalue weighted by molar-refractivity contribution is 6.00. The number of anilines is 2. The van der Waals surface area contributed by atoms with Crippen molar-refractivity contribution in [2.45, 2.75) is 32.6 Å². The molecule has 7 nitrogen and oxygen atoms in total. The summed E-state index contributed by atoms with van der Waals surface area (Å²) in [5.74, 6) is -0.509. The third kappa shape index (κ3) is 3.72. The van der Waals surface area contributed by atoms with Crippen molar-refractivity contribution >= 4 is 23.0 Å². The minimum absolute atomic E-state index is 0.0162. The highest BCUT2D eigenvalue weighted by Gasteiger charge is 2.35. The standard InChI is InChI=1S/C26H30FN7/c1-5-26(3)16(2)30-20-8-6-17(14-19(20)26)23-22(27)24(32-25(28)31-23)21-9-7-18(15-29-21)34-12-10-33(4)11-13-34/h6-9,14-15H,5,10-13H2,1-4H3,(H2,28,31,32). The highest BCUT2D eigenvalue weighted by Crippen LogP contribution is 2.44. The Bertz CT molecular complexity index is 1260. The maximum absolute atomic E-state index is 15.8. The first kappa shape index (κ1) is 22.4. The molecule has 0 amide bonds. The molecule has 1 aromatic carbocycles. The lowest BCUT2D eigenvalue weighted by Gasteiger charge is -2.33. The molecule has 1 atom stereocenters. The number of hydrogen-bond donors (Lipinski definition) is 1. The van der Waals surface area contributed by atoms with Crippen molar-refractivity contribution in [3.05, 3.63) is 47.9 Å². The van der Waals surface area contributed by atoms with Gasteiger partial charge in [-0.25, -0.2) is 14.4 Å². The molecule has 5 rings (SSSR count). The second-order valence-corrected chi connectivity index (χ2v) is 9.40. The molecule has 1 fully saturated rings. The maximum atomic E-state index is 15.8. The lowest BCUT2D eigenvalue weighted by atomic mass is 9.77. The van der Waals surface area contributed by atoms with Gasteiger partial charge in [0.1, 0.15) is 11.4 Å². The van der Waals surface area contributed by atoms with Crippen LogP contribution in [0.1, 0.15) is 32.8 Å². The van der Waals surface area contributed by atoms with Gasteiger partial charge in [-0.15, -0.1) is 0 Å². The van der Waals surface area contributed by atoms with Crippen LogP contribution >= 0.6 is 0 Å². The van der Waals surface area contributed by atoms with Gasteiger partial charge in [-0.3, -0.25) is 9.98 Å². The quantitative estimate of drug-likeness (QED) is 0.621. The summed E-state index contributed by atoms with van der Waals surface area (Å²) in [6, 6.07) is 9.52. The average Bonchev–Trinajstić information content (AvgIpc) is 3.10. The molecule has 2 aromatic heterocycles. The first-order chi connectivity index (χ1) is 16.3. The van der Waals surface area contributed by atoms with Crippen molar-refractivity contribution in [2.75, 3.05) is 43.9 Å². The fraction of sp³-hybridized carbons (Fsp3) is 0.385. The fourth-order valence-corrected chi connectivity index (χ4v) is 4.77. The van der Waals surface area contributed by atoms with E-state index < -0.39 is 5.82 Å². The number of nitrogens with zero attached hydrogens (tertiary/aromatic N) is 6. The van der Waals surface area contributed by atoms with Crippen LogP contribution in [-0.2, 0) is 5.41 Å². The predicted octanol–water partition coefficient (Wildman–Crippen LogP) is 4.45. The first-order valence-corrected chi connectivity index (χ1v) is 11.7. The highest BCUT2D eigenvalue weighted by atomic mass is 19.1. The molecular formula is C26H30FN7. The first-order valence-electron chi connectivity index (χ1n) is 11.7. The molecular weight excluding hydrogens is 429 g/mol. The molecule has 34 heavy (non-hydrogen) atoms. The summed E-state index contributed by atoms with van der Waals surface area (Å²) < 4.78 is 15.8. The van der Waals surface area contributed by atoms with Crippen molar-refractivity contribution in [3.63, 3.8) is 0 Å². The molecule has 0 radical (unpaired) electrons. The van der Waals surface area contributed by atoms with Gasteiger partial charge in [0, 0.05) is 42.9 Å². The Kier molecular flexibility index (Phi) is 5.56. The number of benzene rings is 1. The molecule has 0 saturated carbocycles. The van der Waals surface area contributed by atoms with Crippen LogP contribution in [0.2, 0.25) is 0 Å². The van der Waals surface area contributed by atoms with E-state index in [1.807, 2.05) is 31.2 Å². The molecule has 4 heterocycles. The number of rotatable bonds is 4. The van der Waals surface area contributed by atoms with Gasteiger partial charge in [-0.1, -0.05) is 19.9 Å². The zero-order chi connectivity index (χ0) is 24.0.